The maximum atomic E-state index is 5.86. The Balaban J connectivity index is 2.15. The number of rotatable bonds is 4. The molecular formula is C16H26N2. The van der Waals surface area contributed by atoms with Gasteiger partial charge in [0.1, 0.15) is 0 Å². The monoisotopic (exact) mass is 246 g/mol. The van der Waals surface area contributed by atoms with E-state index in [-0.39, 0.29) is 0 Å². The van der Waals surface area contributed by atoms with Gasteiger partial charge in [0.25, 0.3) is 0 Å². The Morgan fingerprint density at radius 2 is 2.28 bits per heavy atom. The molecule has 2 atom stereocenters. The fraction of sp³-hybridized carbons (Fsp3) is 0.625. The number of hydrogen-bond acceptors (Lipinski definition) is 2. The number of likely N-dealkylation sites (tertiary alicyclic amines) is 1. The van der Waals surface area contributed by atoms with Crippen LogP contribution in [-0.2, 0) is 0 Å². The van der Waals surface area contributed by atoms with E-state index in [0.29, 0.717) is 11.8 Å². The Kier molecular flexibility index (Phi) is 4.79. The molecule has 0 aliphatic carbocycles. The van der Waals surface area contributed by atoms with E-state index < -0.39 is 0 Å². The average Bonchev–Trinajstić information content (AvgIpc) is 2.41. The van der Waals surface area contributed by atoms with Crippen LogP contribution in [0.15, 0.2) is 24.3 Å². The Labute approximate surface area is 111 Å². The Bertz CT molecular complexity index is 371. The van der Waals surface area contributed by atoms with Gasteiger partial charge in [0.15, 0.2) is 0 Å². The lowest BCUT2D eigenvalue weighted by Gasteiger charge is -2.30. The molecule has 2 nitrogen and oxygen atoms in total. The lowest BCUT2D eigenvalue weighted by atomic mass is 9.87. The molecule has 100 valence electrons. The molecule has 2 rings (SSSR count). The van der Waals surface area contributed by atoms with E-state index in [1.807, 2.05) is 0 Å². The Morgan fingerprint density at radius 3 is 2.94 bits per heavy atom. The molecule has 0 amide bonds. The van der Waals surface area contributed by atoms with Crippen molar-refractivity contribution in [2.45, 2.75) is 38.0 Å². The molecule has 2 N–H and O–H groups in total. The molecule has 0 saturated carbocycles. The van der Waals surface area contributed by atoms with Crippen molar-refractivity contribution >= 4 is 0 Å². The maximum absolute atomic E-state index is 5.86. The number of nitrogens with zero attached hydrogens (tertiary/aromatic N) is 1. The number of likely N-dealkylation sites (N-methyl/N-ethyl adjacent to an activating group) is 1. The fourth-order valence-corrected chi connectivity index (χ4v) is 3.04. The molecule has 0 radical (unpaired) electrons. The van der Waals surface area contributed by atoms with Crippen molar-refractivity contribution < 1.29 is 0 Å². The average molecular weight is 246 g/mol. The molecule has 2 heteroatoms. The minimum absolute atomic E-state index is 0.520. The zero-order valence-corrected chi connectivity index (χ0v) is 11.7. The minimum Gasteiger partial charge on any atom is -0.330 e. The largest absolute Gasteiger partial charge is 0.330 e. The number of nitrogens with two attached hydrogens (primary N) is 1. The third kappa shape index (κ3) is 3.12. The topological polar surface area (TPSA) is 29.3 Å². The third-order valence-corrected chi connectivity index (χ3v) is 4.26. The van der Waals surface area contributed by atoms with Crippen LogP contribution >= 0.6 is 0 Å². The standard InChI is InChI=1S/C16H26N2/c1-3-13(11-17)14-6-4-7-15(10-14)16-8-5-9-18(2)12-16/h4,6-7,10,13,16H,3,5,8-9,11-12,17H2,1-2H3. The predicted octanol–water partition coefficient (Wildman–Crippen LogP) is 2.95. The normalized spacial score (nSPS) is 22.9. The maximum Gasteiger partial charge on any atom is 0.00472 e. The summed E-state index contributed by atoms with van der Waals surface area (Å²) < 4.78 is 0. The van der Waals surface area contributed by atoms with Crippen LogP contribution in [0, 0.1) is 0 Å². The minimum atomic E-state index is 0.520. The van der Waals surface area contributed by atoms with Crippen molar-refractivity contribution in [2.75, 3.05) is 26.7 Å². The molecule has 0 spiro atoms. The van der Waals surface area contributed by atoms with Crippen LogP contribution in [0.1, 0.15) is 49.1 Å². The first kappa shape index (κ1) is 13.6. The van der Waals surface area contributed by atoms with Crippen LogP contribution in [0.25, 0.3) is 0 Å². The van der Waals surface area contributed by atoms with Crippen LogP contribution in [0.4, 0.5) is 0 Å². The zero-order valence-electron chi connectivity index (χ0n) is 11.7. The molecule has 1 aromatic carbocycles. The van der Waals surface area contributed by atoms with Crippen LogP contribution in [-0.4, -0.2) is 31.6 Å². The lowest BCUT2D eigenvalue weighted by molar-refractivity contribution is 0.250. The van der Waals surface area contributed by atoms with Crippen LogP contribution in [0.2, 0.25) is 0 Å². The van der Waals surface area contributed by atoms with Gasteiger partial charge in [-0.1, -0.05) is 31.2 Å². The SMILES string of the molecule is CCC(CN)c1cccc(C2CCCN(C)C2)c1. The summed E-state index contributed by atoms with van der Waals surface area (Å²) in [5.41, 5.74) is 8.79. The smallest absolute Gasteiger partial charge is 0.00472 e. The summed E-state index contributed by atoms with van der Waals surface area (Å²) >= 11 is 0. The summed E-state index contributed by atoms with van der Waals surface area (Å²) in [5.74, 6) is 1.23. The van der Waals surface area contributed by atoms with Gasteiger partial charge in [-0.2, -0.15) is 0 Å². The van der Waals surface area contributed by atoms with E-state index in [1.165, 1.54) is 37.1 Å². The number of hydrogen-bond donors (Lipinski definition) is 1. The second kappa shape index (κ2) is 6.35. The van der Waals surface area contributed by atoms with Gasteiger partial charge in [-0.25, -0.2) is 0 Å². The molecule has 1 aliphatic rings. The van der Waals surface area contributed by atoms with E-state index in [2.05, 4.69) is 43.1 Å². The van der Waals surface area contributed by atoms with Crippen LogP contribution < -0.4 is 5.73 Å². The first-order valence-corrected chi connectivity index (χ1v) is 7.23. The summed E-state index contributed by atoms with van der Waals surface area (Å²) in [6, 6.07) is 9.12. The van der Waals surface area contributed by atoms with Gasteiger partial charge in [0.2, 0.25) is 0 Å². The molecule has 1 saturated heterocycles. The Hall–Kier alpha value is -0.860. The van der Waals surface area contributed by atoms with Gasteiger partial charge in [0.05, 0.1) is 0 Å². The van der Waals surface area contributed by atoms with Gasteiger partial charge >= 0.3 is 0 Å². The van der Waals surface area contributed by atoms with E-state index >= 15 is 0 Å². The van der Waals surface area contributed by atoms with Crippen molar-refractivity contribution in [1.82, 2.24) is 4.90 Å². The molecule has 1 heterocycles. The molecule has 0 bridgehead atoms. The first-order valence-electron chi connectivity index (χ1n) is 7.23. The summed E-state index contributed by atoms with van der Waals surface area (Å²) in [6.07, 6.45) is 3.78. The highest BCUT2D eigenvalue weighted by Gasteiger charge is 2.19. The zero-order chi connectivity index (χ0) is 13.0. The number of benzene rings is 1. The van der Waals surface area contributed by atoms with Crippen molar-refractivity contribution in [3.8, 4) is 0 Å². The highest BCUT2D eigenvalue weighted by molar-refractivity contribution is 5.29. The van der Waals surface area contributed by atoms with Gasteiger partial charge in [-0.05, 0) is 62.4 Å². The fourth-order valence-electron chi connectivity index (χ4n) is 3.04. The van der Waals surface area contributed by atoms with Gasteiger partial charge < -0.3 is 10.6 Å². The van der Waals surface area contributed by atoms with Crippen LogP contribution in [0.3, 0.4) is 0 Å². The number of piperidine rings is 1. The van der Waals surface area contributed by atoms with Gasteiger partial charge in [0, 0.05) is 6.54 Å². The molecule has 0 aromatic heterocycles. The van der Waals surface area contributed by atoms with Crippen molar-refractivity contribution in [2.24, 2.45) is 5.73 Å². The van der Waals surface area contributed by atoms with E-state index in [4.69, 9.17) is 5.73 Å². The Morgan fingerprint density at radius 1 is 1.44 bits per heavy atom. The lowest BCUT2D eigenvalue weighted by Crippen LogP contribution is -2.30. The quantitative estimate of drug-likeness (QED) is 0.885. The molecule has 2 unspecified atom stereocenters. The molecule has 18 heavy (non-hydrogen) atoms. The van der Waals surface area contributed by atoms with Crippen LogP contribution in [0.5, 0.6) is 0 Å². The van der Waals surface area contributed by atoms with Gasteiger partial charge in [-0.3, -0.25) is 0 Å². The molecule has 1 aliphatic heterocycles. The van der Waals surface area contributed by atoms with E-state index in [1.54, 1.807) is 0 Å². The summed E-state index contributed by atoms with van der Waals surface area (Å²) in [6.45, 7) is 5.42. The highest BCUT2D eigenvalue weighted by atomic mass is 15.1. The van der Waals surface area contributed by atoms with Crippen molar-refractivity contribution in [3.63, 3.8) is 0 Å². The summed E-state index contributed by atoms with van der Waals surface area (Å²) in [4.78, 5) is 2.45. The third-order valence-electron chi connectivity index (χ3n) is 4.26. The van der Waals surface area contributed by atoms with E-state index in [9.17, 15) is 0 Å². The predicted molar refractivity (Wildman–Crippen MR) is 78.0 cm³/mol. The van der Waals surface area contributed by atoms with Gasteiger partial charge in [-0.15, -0.1) is 0 Å². The summed E-state index contributed by atoms with van der Waals surface area (Å²) in [5, 5.41) is 0. The second-order valence-corrected chi connectivity index (χ2v) is 5.61. The second-order valence-electron chi connectivity index (χ2n) is 5.61. The first-order chi connectivity index (χ1) is 8.74. The molecular weight excluding hydrogens is 220 g/mol. The van der Waals surface area contributed by atoms with E-state index in [0.717, 1.165) is 13.0 Å². The summed E-state index contributed by atoms with van der Waals surface area (Å²) in [7, 11) is 2.23. The van der Waals surface area contributed by atoms with Crippen molar-refractivity contribution in [3.05, 3.63) is 35.4 Å². The van der Waals surface area contributed by atoms with Crippen molar-refractivity contribution in [1.29, 1.82) is 0 Å². The highest BCUT2D eigenvalue weighted by Crippen LogP contribution is 2.28. The molecule has 1 aromatic rings. The molecule has 1 fully saturated rings.